The van der Waals surface area contributed by atoms with Gasteiger partial charge in [-0.25, -0.2) is 0 Å². The Morgan fingerprint density at radius 3 is 2.55 bits per heavy atom. The molecule has 1 aliphatic rings. The summed E-state index contributed by atoms with van der Waals surface area (Å²) in [6.07, 6.45) is 1.64. The van der Waals surface area contributed by atoms with Crippen LogP contribution in [0.5, 0.6) is 17.2 Å². The van der Waals surface area contributed by atoms with Crippen LogP contribution in [0, 0.1) is 0 Å². The van der Waals surface area contributed by atoms with E-state index in [1.165, 1.54) is 6.07 Å². The Labute approximate surface area is 115 Å². The summed E-state index contributed by atoms with van der Waals surface area (Å²) in [7, 11) is 1.59. The van der Waals surface area contributed by atoms with Gasteiger partial charge in [0.2, 0.25) is 5.78 Å². The molecule has 0 bridgehead atoms. The van der Waals surface area contributed by atoms with Crippen molar-refractivity contribution in [2.45, 2.75) is 0 Å². The minimum atomic E-state index is -0.311. The van der Waals surface area contributed by atoms with Gasteiger partial charge < -0.3 is 14.6 Å². The Morgan fingerprint density at radius 2 is 1.90 bits per heavy atom. The zero-order chi connectivity index (χ0) is 14.1. The summed E-state index contributed by atoms with van der Waals surface area (Å²) in [5.74, 6) is 0.952. The van der Waals surface area contributed by atoms with Gasteiger partial charge in [-0.2, -0.15) is 0 Å². The van der Waals surface area contributed by atoms with Crippen molar-refractivity contribution in [3.8, 4) is 17.2 Å². The number of fused-ring (bicyclic) bond motifs is 1. The molecule has 2 aromatic carbocycles. The molecule has 0 fully saturated rings. The second-order valence-corrected chi connectivity index (χ2v) is 4.36. The predicted molar refractivity (Wildman–Crippen MR) is 74.0 cm³/mol. The first-order valence-electron chi connectivity index (χ1n) is 6.09. The van der Waals surface area contributed by atoms with Gasteiger partial charge in [0.25, 0.3) is 0 Å². The molecule has 20 heavy (non-hydrogen) atoms. The maximum atomic E-state index is 12.2. The zero-order valence-electron chi connectivity index (χ0n) is 10.8. The van der Waals surface area contributed by atoms with Crippen LogP contribution in [0.25, 0.3) is 6.08 Å². The molecule has 0 unspecified atom stereocenters. The van der Waals surface area contributed by atoms with Crippen molar-refractivity contribution < 1.29 is 19.4 Å². The van der Waals surface area contributed by atoms with E-state index in [0.717, 1.165) is 11.3 Å². The third kappa shape index (κ3) is 2.01. The van der Waals surface area contributed by atoms with Crippen LogP contribution in [0.15, 0.2) is 48.2 Å². The average Bonchev–Trinajstić information content (AvgIpc) is 2.78. The fourth-order valence-corrected chi connectivity index (χ4v) is 2.07. The molecule has 0 aromatic heterocycles. The van der Waals surface area contributed by atoms with E-state index in [1.807, 2.05) is 12.1 Å². The van der Waals surface area contributed by atoms with Crippen molar-refractivity contribution in [1.29, 1.82) is 0 Å². The van der Waals surface area contributed by atoms with Gasteiger partial charge in [0, 0.05) is 0 Å². The normalized spacial score (nSPS) is 15.1. The van der Waals surface area contributed by atoms with Gasteiger partial charge in [-0.15, -0.1) is 0 Å². The zero-order valence-corrected chi connectivity index (χ0v) is 10.8. The first-order valence-corrected chi connectivity index (χ1v) is 6.09. The molecule has 0 atom stereocenters. The quantitative estimate of drug-likeness (QED) is 0.851. The van der Waals surface area contributed by atoms with Gasteiger partial charge in [0.05, 0.1) is 7.11 Å². The van der Waals surface area contributed by atoms with Crippen LogP contribution in [0.2, 0.25) is 0 Å². The van der Waals surface area contributed by atoms with Gasteiger partial charge >= 0.3 is 0 Å². The molecule has 1 aliphatic heterocycles. The van der Waals surface area contributed by atoms with Crippen LogP contribution in [-0.2, 0) is 0 Å². The number of methoxy groups -OCH3 is 1. The van der Waals surface area contributed by atoms with E-state index < -0.39 is 0 Å². The van der Waals surface area contributed by atoms with Crippen molar-refractivity contribution >= 4 is 11.9 Å². The highest BCUT2D eigenvalue weighted by Gasteiger charge is 2.30. The van der Waals surface area contributed by atoms with Gasteiger partial charge in [0.1, 0.15) is 22.8 Å². The van der Waals surface area contributed by atoms with E-state index in [4.69, 9.17) is 9.47 Å². The van der Waals surface area contributed by atoms with Gasteiger partial charge in [-0.05, 0) is 35.9 Å². The number of carbonyl (C=O) groups excluding carboxylic acids is 1. The number of ether oxygens (including phenoxy) is 2. The number of benzene rings is 2. The first-order chi connectivity index (χ1) is 9.69. The molecule has 100 valence electrons. The highest BCUT2D eigenvalue weighted by Crippen LogP contribution is 2.37. The van der Waals surface area contributed by atoms with Crippen molar-refractivity contribution in [3.63, 3.8) is 0 Å². The highest BCUT2D eigenvalue weighted by molar-refractivity contribution is 6.16. The smallest absolute Gasteiger partial charge is 0.235 e. The standard InChI is InChI=1S/C16H12O4/c1-19-11-7-5-10(6-8-11)9-14-16(18)15-12(17)3-2-4-13(15)20-14/h2-9,17H,1H3/b14-9-. The summed E-state index contributed by atoms with van der Waals surface area (Å²) in [5.41, 5.74) is 1.04. The molecule has 0 saturated heterocycles. The molecule has 0 amide bonds. The Kier molecular flexibility index (Phi) is 2.91. The number of hydrogen-bond donors (Lipinski definition) is 1. The molecule has 2 aromatic rings. The number of carbonyl (C=O) groups is 1. The molecular weight excluding hydrogens is 256 g/mol. The largest absolute Gasteiger partial charge is 0.507 e. The molecule has 1 N–H and O–H groups in total. The molecule has 3 rings (SSSR count). The lowest BCUT2D eigenvalue weighted by atomic mass is 10.1. The molecular formula is C16H12O4. The summed E-state index contributed by atoms with van der Waals surface area (Å²) >= 11 is 0. The lowest BCUT2D eigenvalue weighted by molar-refractivity contribution is 0.101. The lowest BCUT2D eigenvalue weighted by Gasteiger charge is -2.00. The van der Waals surface area contributed by atoms with Crippen LogP contribution in [0.3, 0.4) is 0 Å². The Balaban J connectivity index is 1.95. The summed E-state index contributed by atoms with van der Waals surface area (Å²) in [5, 5.41) is 9.71. The van der Waals surface area contributed by atoms with E-state index in [0.29, 0.717) is 5.75 Å². The van der Waals surface area contributed by atoms with Crippen LogP contribution >= 0.6 is 0 Å². The van der Waals surface area contributed by atoms with E-state index in [2.05, 4.69) is 0 Å². The SMILES string of the molecule is COc1ccc(/C=C2\Oc3cccc(O)c3C2=O)cc1. The maximum absolute atomic E-state index is 12.2. The second kappa shape index (κ2) is 4.74. The number of Topliss-reactive ketones (excluding diaryl/α,β-unsaturated/α-hetero) is 1. The predicted octanol–water partition coefficient (Wildman–Crippen LogP) is 3.02. The summed E-state index contributed by atoms with van der Waals surface area (Å²) in [6.45, 7) is 0. The molecule has 4 heteroatoms. The van der Waals surface area contributed by atoms with E-state index >= 15 is 0 Å². The molecule has 0 radical (unpaired) electrons. The topological polar surface area (TPSA) is 55.8 Å². The number of ketones is 1. The average molecular weight is 268 g/mol. The highest BCUT2D eigenvalue weighted by atomic mass is 16.5. The monoisotopic (exact) mass is 268 g/mol. The molecule has 1 heterocycles. The number of phenols is 1. The van der Waals surface area contributed by atoms with Gasteiger partial charge in [-0.3, -0.25) is 4.79 Å². The summed E-state index contributed by atoms with van der Waals surface area (Å²) in [4.78, 5) is 12.2. The number of phenolic OH excluding ortho intramolecular Hbond substituents is 1. The minimum Gasteiger partial charge on any atom is -0.507 e. The third-order valence-electron chi connectivity index (χ3n) is 3.09. The molecule has 0 saturated carbocycles. The second-order valence-electron chi connectivity index (χ2n) is 4.36. The Hall–Kier alpha value is -2.75. The van der Waals surface area contributed by atoms with Crippen molar-refractivity contribution in [1.82, 2.24) is 0 Å². The van der Waals surface area contributed by atoms with E-state index in [9.17, 15) is 9.90 Å². The number of rotatable bonds is 2. The Morgan fingerprint density at radius 1 is 1.15 bits per heavy atom. The third-order valence-corrected chi connectivity index (χ3v) is 3.09. The van der Waals surface area contributed by atoms with Crippen molar-refractivity contribution in [2.75, 3.05) is 7.11 Å². The first kappa shape index (κ1) is 12.3. The maximum Gasteiger partial charge on any atom is 0.235 e. The molecule has 0 aliphatic carbocycles. The molecule has 0 spiro atoms. The van der Waals surface area contributed by atoms with Gasteiger partial charge in [0.15, 0.2) is 5.76 Å². The lowest BCUT2D eigenvalue weighted by Crippen LogP contribution is -1.98. The number of hydrogen-bond acceptors (Lipinski definition) is 4. The van der Waals surface area contributed by atoms with Crippen LogP contribution in [0.4, 0.5) is 0 Å². The van der Waals surface area contributed by atoms with Crippen LogP contribution in [0.1, 0.15) is 15.9 Å². The van der Waals surface area contributed by atoms with Crippen LogP contribution < -0.4 is 9.47 Å². The number of aromatic hydroxyl groups is 1. The Bertz CT molecular complexity index is 699. The fourth-order valence-electron chi connectivity index (χ4n) is 2.07. The minimum absolute atomic E-state index is 0.0642. The number of allylic oxidation sites excluding steroid dienone is 1. The van der Waals surface area contributed by atoms with Gasteiger partial charge in [-0.1, -0.05) is 18.2 Å². The summed E-state index contributed by atoms with van der Waals surface area (Å²) in [6, 6.07) is 12.0. The fraction of sp³-hybridized carbons (Fsp3) is 0.0625. The summed E-state index contributed by atoms with van der Waals surface area (Å²) < 4.78 is 10.6. The van der Waals surface area contributed by atoms with Crippen molar-refractivity contribution in [2.24, 2.45) is 0 Å². The van der Waals surface area contributed by atoms with Crippen molar-refractivity contribution in [3.05, 3.63) is 59.4 Å². The van der Waals surface area contributed by atoms with E-state index in [-0.39, 0.29) is 22.9 Å². The van der Waals surface area contributed by atoms with Crippen LogP contribution in [-0.4, -0.2) is 18.0 Å². The van der Waals surface area contributed by atoms with E-state index in [1.54, 1.807) is 37.5 Å². The molecule has 4 nitrogen and oxygen atoms in total.